The third kappa shape index (κ3) is 4.05. The van der Waals surface area contributed by atoms with Gasteiger partial charge in [-0.2, -0.15) is 8.78 Å². The Morgan fingerprint density at radius 3 is 2.85 bits per heavy atom. The monoisotopic (exact) mass is 362 g/mol. The average molecular weight is 364 g/mol. The first kappa shape index (κ1) is 15.0. The normalized spacial score (nSPS) is 10.7. The summed E-state index contributed by atoms with van der Waals surface area (Å²) in [6.07, 6.45) is 3.13. The molecule has 20 heavy (non-hydrogen) atoms. The lowest BCUT2D eigenvalue weighted by Crippen LogP contribution is -2.07. The maximum atomic E-state index is 12.3. The number of hydrogen-bond acceptors (Lipinski definition) is 3. The predicted molar refractivity (Wildman–Crippen MR) is 77.3 cm³/mol. The molecule has 0 fully saturated rings. The van der Waals surface area contributed by atoms with Crippen LogP contribution in [0, 0.1) is 0 Å². The van der Waals surface area contributed by atoms with Crippen LogP contribution in [0.4, 0.5) is 14.5 Å². The summed E-state index contributed by atoms with van der Waals surface area (Å²) in [5.41, 5.74) is 1.21. The molecule has 3 nitrogen and oxygen atoms in total. The summed E-state index contributed by atoms with van der Waals surface area (Å²) in [7, 11) is 0. The summed E-state index contributed by atoms with van der Waals surface area (Å²) in [5, 5.41) is 3.54. The van der Waals surface area contributed by atoms with Crippen molar-refractivity contribution < 1.29 is 13.5 Å². The molecule has 0 radical (unpaired) electrons. The van der Waals surface area contributed by atoms with Gasteiger partial charge in [-0.25, -0.2) is 0 Å². The minimum Gasteiger partial charge on any atom is -0.434 e. The molecule has 0 unspecified atom stereocenters. The Bertz CT molecular complexity index is 598. The minimum absolute atomic E-state index is 0.121. The number of alkyl halides is 2. The van der Waals surface area contributed by atoms with E-state index >= 15 is 0 Å². The predicted octanol–water partition coefficient (Wildman–Crippen LogP) is 4.71. The lowest BCUT2D eigenvalue weighted by atomic mass is 10.2. The first-order valence-electron chi connectivity index (χ1n) is 5.63. The molecule has 0 aliphatic heterocycles. The van der Waals surface area contributed by atoms with Crippen LogP contribution >= 0.6 is 27.5 Å². The Hall–Kier alpha value is -1.40. The molecule has 0 saturated heterocycles. The summed E-state index contributed by atoms with van der Waals surface area (Å²) in [6.45, 7) is -2.58. The quantitative estimate of drug-likeness (QED) is 0.835. The van der Waals surface area contributed by atoms with Crippen molar-refractivity contribution in [1.29, 1.82) is 0 Å². The zero-order chi connectivity index (χ0) is 14.5. The molecule has 0 spiro atoms. The van der Waals surface area contributed by atoms with Gasteiger partial charge in [-0.15, -0.1) is 0 Å². The van der Waals surface area contributed by atoms with E-state index in [1.165, 1.54) is 6.07 Å². The Kier molecular flexibility index (Phi) is 5.14. The van der Waals surface area contributed by atoms with Crippen LogP contribution < -0.4 is 10.1 Å². The van der Waals surface area contributed by atoms with Gasteiger partial charge in [0.15, 0.2) is 0 Å². The van der Waals surface area contributed by atoms with E-state index in [0.29, 0.717) is 16.3 Å². The molecule has 0 aliphatic rings. The standard InChI is InChI=1S/C13H10BrClF2N2O/c14-9-1-2-12(20-13(16)17)8(5-9)6-19-11-7-18-4-3-10(11)15/h1-5,7,13,19H,6H2. The molecule has 0 saturated carbocycles. The van der Waals surface area contributed by atoms with Gasteiger partial charge in [0, 0.05) is 22.8 Å². The highest BCUT2D eigenvalue weighted by Gasteiger charge is 2.10. The number of benzene rings is 1. The number of hydrogen-bond donors (Lipinski definition) is 1. The number of rotatable bonds is 5. The molecular formula is C13H10BrClF2N2O. The Balaban J connectivity index is 2.16. The van der Waals surface area contributed by atoms with Crippen molar-refractivity contribution in [2.24, 2.45) is 0 Å². The Morgan fingerprint density at radius 2 is 2.15 bits per heavy atom. The van der Waals surface area contributed by atoms with Crippen LogP contribution in [0.1, 0.15) is 5.56 Å². The Labute approximate surface area is 128 Å². The first-order valence-corrected chi connectivity index (χ1v) is 6.80. The van der Waals surface area contributed by atoms with Crippen molar-refractivity contribution >= 4 is 33.2 Å². The molecule has 2 rings (SSSR count). The summed E-state index contributed by atoms with van der Waals surface area (Å²) in [4.78, 5) is 3.94. The van der Waals surface area contributed by atoms with Crippen molar-refractivity contribution in [3.63, 3.8) is 0 Å². The molecule has 0 aliphatic carbocycles. The number of pyridine rings is 1. The highest BCUT2D eigenvalue weighted by Crippen LogP contribution is 2.27. The fourth-order valence-corrected chi connectivity index (χ4v) is 2.18. The zero-order valence-corrected chi connectivity index (χ0v) is 12.5. The molecule has 2 aromatic rings. The van der Waals surface area contributed by atoms with Gasteiger partial charge in [-0.3, -0.25) is 4.98 Å². The van der Waals surface area contributed by atoms with Crippen molar-refractivity contribution in [3.8, 4) is 5.75 Å². The summed E-state index contributed by atoms with van der Waals surface area (Å²) < 4.78 is 29.9. The van der Waals surface area contributed by atoms with Crippen LogP contribution in [0.2, 0.25) is 5.02 Å². The molecule has 1 aromatic carbocycles. The van der Waals surface area contributed by atoms with Crippen molar-refractivity contribution in [3.05, 3.63) is 51.7 Å². The largest absolute Gasteiger partial charge is 0.434 e. The van der Waals surface area contributed by atoms with Gasteiger partial charge in [0.2, 0.25) is 0 Å². The van der Waals surface area contributed by atoms with Gasteiger partial charge < -0.3 is 10.1 Å². The molecule has 106 valence electrons. The second-order valence-corrected chi connectivity index (χ2v) is 5.16. The van der Waals surface area contributed by atoms with Gasteiger partial charge in [0.1, 0.15) is 5.75 Å². The van der Waals surface area contributed by atoms with Crippen LogP contribution in [0.15, 0.2) is 41.1 Å². The minimum atomic E-state index is -2.86. The van der Waals surface area contributed by atoms with Gasteiger partial charge >= 0.3 is 6.61 Å². The second kappa shape index (κ2) is 6.85. The van der Waals surface area contributed by atoms with E-state index in [1.54, 1.807) is 30.6 Å². The molecule has 1 heterocycles. The lowest BCUT2D eigenvalue weighted by molar-refractivity contribution is -0.0504. The summed E-state index contributed by atoms with van der Waals surface area (Å²) >= 11 is 9.28. The van der Waals surface area contributed by atoms with E-state index < -0.39 is 6.61 Å². The van der Waals surface area contributed by atoms with E-state index in [0.717, 1.165) is 4.47 Å². The third-order valence-corrected chi connectivity index (χ3v) is 3.30. The molecule has 0 amide bonds. The fraction of sp³-hybridized carbons (Fsp3) is 0.154. The molecule has 0 bridgehead atoms. The maximum absolute atomic E-state index is 12.3. The highest BCUT2D eigenvalue weighted by molar-refractivity contribution is 9.10. The first-order chi connectivity index (χ1) is 9.56. The summed E-state index contributed by atoms with van der Waals surface area (Å²) in [5.74, 6) is 0.121. The number of nitrogens with one attached hydrogen (secondary N) is 1. The van der Waals surface area contributed by atoms with E-state index in [4.69, 9.17) is 11.6 Å². The average Bonchev–Trinajstić information content (AvgIpc) is 2.40. The van der Waals surface area contributed by atoms with Crippen LogP contribution in [-0.2, 0) is 6.54 Å². The summed E-state index contributed by atoms with van der Waals surface area (Å²) in [6, 6.07) is 6.47. The third-order valence-electron chi connectivity index (χ3n) is 2.48. The molecular weight excluding hydrogens is 354 g/mol. The van der Waals surface area contributed by atoms with E-state index in [1.807, 2.05) is 0 Å². The van der Waals surface area contributed by atoms with Gasteiger partial charge in [0.25, 0.3) is 0 Å². The molecule has 1 N–H and O–H groups in total. The van der Waals surface area contributed by atoms with Gasteiger partial charge in [0.05, 0.1) is 16.9 Å². The maximum Gasteiger partial charge on any atom is 0.387 e. The zero-order valence-electron chi connectivity index (χ0n) is 10.1. The SMILES string of the molecule is FC(F)Oc1ccc(Br)cc1CNc1cnccc1Cl. The van der Waals surface area contributed by atoms with E-state index in [-0.39, 0.29) is 12.3 Å². The van der Waals surface area contributed by atoms with Crippen LogP contribution in [0.25, 0.3) is 0 Å². The number of aromatic nitrogens is 1. The van der Waals surface area contributed by atoms with Crippen LogP contribution in [0.5, 0.6) is 5.75 Å². The molecule has 7 heteroatoms. The Morgan fingerprint density at radius 1 is 1.35 bits per heavy atom. The highest BCUT2D eigenvalue weighted by atomic mass is 79.9. The molecule has 0 atom stereocenters. The van der Waals surface area contributed by atoms with Crippen molar-refractivity contribution in [2.75, 3.05) is 5.32 Å². The van der Waals surface area contributed by atoms with Crippen molar-refractivity contribution in [1.82, 2.24) is 4.98 Å². The number of halogens is 4. The number of nitrogens with zero attached hydrogens (tertiary/aromatic N) is 1. The molecule has 1 aromatic heterocycles. The van der Waals surface area contributed by atoms with Crippen LogP contribution in [0.3, 0.4) is 0 Å². The topological polar surface area (TPSA) is 34.1 Å². The van der Waals surface area contributed by atoms with E-state index in [2.05, 4.69) is 31.0 Å². The lowest BCUT2D eigenvalue weighted by Gasteiger charge is -2.13. The second-order valence-electron chi connectivity index (χ2n) is 3.84. The van der Waals surface area contributed by atoms with Gasteiger partial charge in [-0.1, -0.05) is 27.5 Å². The van der Waals surface area contributed by atoms with Crippen molar-refractivity contribution in [2.45, 2.75) is 13.2 Å². The fourth-order valence-electron chi connectivity index (χ4n) is 1.60. The van der Waals surface area contributed by atoms with Crippen LogP contribution in [-0.4, -0.2) is 11.6 Å². The number of ether oxygens (including phenoxy) is 1. The van der Waals surface area contributed by atoms with E-state index in [9.17, 15) is 8.78 Å². The smallest absolute Gasteiger partial charge is 0.387 e. The number of anilines is 1. The van der Waals surface area contributed by atoms with Gasteiger partial charge in [-0.05, 0) is 24.3 Å².